The van der Waals surface area contributed by atoms with Crippen molar-refractivity contribution in [1.29, 1.82) is 0 Å². The maximum Gasteiger partial charge on any atom is 0.239 e. The Hall–Kier alpha value is -1.73. The van der Waals surface area contributed by atoms with Crippen molar-refractivity contribution in [2.75, 3.05) is 32.1 Å². The van der Waals surface area contributed by atoms with Crippen LogP contribution in [-0.2, 0) is 9.53 Å². The summed E-state index contributed by atoms with van der Waals surface area (Å²) < 4.78 is 4.86. The van der Waals surface area contributed by atoms with Gasteiger partial charge >= 0.3 is 0 Å². The Morgan fingerprint density at radius 2 is 2.20 bits per heavy atom. The van der Waals surface area contributed by atoms with Crippen LogP contribution in [0.5, 0.6) is 0 Å². The second-order valence-electron chi connectivity index (χ2n) is 4.33. The molecule has 1 rings (SSSR count). The van der Waals surface area contributed by atoms with Crippen LogP contribution in [0.25, 0.3) is 0 Å². The molecule has 0 aliphatic heterocycles. The van der Waals surface area contributed by atoms with E-state index in [0.717, 1.165) is 17.1 Å². The van der Waals surface area contributed by atoms with Crippen LogP contribution in [0, 0.1) is 13.8 Å². The molecule has 0 atom stereocenters. The van der Waals surface area contributed by atoms with Gasteiger partial charge in [-0.15, -0.1) is 0 Å². The molecule has 0 aromatic carbocycles. The molecule has 0 fully saturated rings. The van der Waals surface area contributed by atoms with Gasteiger partial charge in [-0.1, -0.05) is 12.2 Å². The van der Waals surface area contributed by atoms with Crippen molar-refractivity contribution in [2.45, 2.75) is 13.8 Å². The first-order chi connectivity index (χ1) is 9.45. The van der Waals surface area contributed by atoms with Crippen molar-refractivity contribution in [1.82, 2.24) is 10.3 Å². The number of methoxy groups -OCH3 is 1. The molecule has 0 unspecified atom stereocenters. The third-order valence-corrected chi connectivity index (χ3v) is 2.85. The first-order valence-corrected chi connectivity index (χ1v) is 6.64. The Bertz CT molecular complexity index is 505. The monoisotopic (exact) mass is 296 g/mol. The fraction of sp³-hybridized carbons (Fsp3) is 0.462. The number of hydrogen-bond donors (Lipinski definition) is 3. The molecule has 1 aromatic heterocycles. The van der Waals surface area contributed by atoms with Gasteiger partial charge in [-0.25, -0.2) is 0 Å². The largest absolute Gasteiger partial charge is 0.389 e. The van der Waals surface area contributed by atoms with Crippen LogP contribution < -0.4 is 16.4 Å². The number of nitrogens with one attached hydrogen (secondary N) is 2. The molecule has 0 aliphatic carbocycles. The lowest BCUT2D eigenvalue weighted by atomic mass is 10.1. The molecule has 4 N–H and O–H groups in total. The minimum atomic E-state index is -0.122. The lowest BCUT2D eigenvalue weighted by molar-refractivity contribution is -0.119. The van der Waals surface area contributed by atoms with Crippen molar-refractivity contribution in [3.05, 3.63) is 23.0 Å². The molecule has 6 nitrogen and oxygen atoms in total. The number of aromatic nitrogens is 1. The molecule has 1 aromatic rings. The summed E-state index contributed by atoms with van der Waals surface area (Å²) in [6, 6.07) is 1.82. The predicted octanol–water partition coefficient (Wildman–Crippen LogP) is 0.507. The van der Waals surface area contributed by atoms with Crippen molar-refractivity contribution in [2.24, 2.45) is 5.73 Å². The van der Waals surface area contributed by atoms with E-state index in [-0.39, 0.29) is 17.4 Å². The number of hydrogen-bond acceptors (Lipinski definition) is 5. The van der Waals surface area contributed by atoms with Crippen LogP contribution in [0.15, 0.2) is 6.07 Å². The standard InChI is InChI=1S/C13H20N4O2S/c1-8-6-10(12(13(14)20)9(2)17-8)16-7-11(18)15-4-5-19-3/h6H,4-5,7H2,1-3H3,(H2,14,20)(H,15,18)(H,16,17). The Balaban J connectivity index is 2.72. The highest BCUT2D eigenvalue weighted by atomic mass is 32.1. The molecule has 0 bridgehead atoms. The number of anilines is 1. The zero-order valence-electron chi connectivity index (χ0n) is 11.9. The Kier molecular flexibility index (Phi) is 6.33. The quantitative estimate of drug-likeness (QED) is 0.502. The Labute approximate surface area is 124 Å². The van der Waals surface area contributed by atoms with E-state index in [1.807, 2.05) is 19.9 Å². The van der Waals surface area contributed by atoms with E-state index < -0.39 is 0 Å². The fourth-order valence-electron chi connectivity index (χ4n) is 1.81. The number of aryl methyl sites for hydroxylation is 2. The Morgan fingerprint density at radius 1 is 1.50 bits per heavy atom. The molecule has 0 aliphatic rings. The fourth-order valence-corrected chi connectivity index (χ4v) is 2.07. The number of carbonyl (C=O) groups excluding carboxylic acids is 1. The van der Waals surface area contributed by atoms with Crippen molar-refractivity contribution < 1.29 is 9.53 Å². The maximum absolute atomic E-state index is 11.6. The van der Waals surface area contributed by atoms with Crippen LogP contribution in [0.3, 0.4) is 0 Å². The summed E-state index contributed by atoms with van der Waals surface area (Å²) in [4.78, 5) is 16.2. The van der Waals surface area contributed by atoms with Crippen LogP contribution in [0.2, 0.25) is 0 Å². The predicted molar refractivity (Wildman–Crippen MR) is 83.0 cm³/mol. The molecule has 20 heavy (non-hydrogen) atoms. The highest BCUT2D eigenvalue weighted by molar-refractivity contribution is 7.80. The van der Waals surface area contributed by atoms with E-state index in [9.17, 15) is 4.79 Å². The summed E-state index contributed by atoms with van der Waals surface area (Å²) >= 11 is 5.03. The molecule has 1 amide bonds. The summed E-state index contributed by atoms with van der Waals surface area (Å²) in [5.41, 5.74) is 8.69. The van der Waals surface area contributed by atoms with Gasteiger partial charge in [0.1, 0.15) is 4.99 Å². The van der Waals surface area contributed by atoms with Gasteiger partial charge in [0.2, 0.25) is 5.91 Å². The lowest BCUT2D eigenvalue weighted by Gasteiger charge is -2.14. The zero-order valence-corrected chi connectivity index (χ0v) is 12.8. The van der Waals surface area contributed by atoms with E-state index in [0.29, 0.717) is 18.7 Å². The molecular formula is C13H20N4O2S. The summed E-state index contributed by atoms with van der Waals surface area (Å²) in [5.74, 6) is -0.122. The number of nitrogens with two attached hydrogens (primary N) is 1. The summed E-state index contributed by atoms with van der Waals surface area (Å²) in [5, 5.41) is 5.77. The summed E-state index contributed by atoms with van der Waals surface area (Å²) in [6.07, 6.45) is 0. The van der Waals surface area contributed by atoms with Gasteiger partial charge < -0.3 is 21.1 Å². The first kappa shape index (κ1) is 16.3. The summed E-state index contributed by atoms with van der Waals surface area (Å²) in [6.45, 7) is 4.82. The van der Waals surface area contributed by atoms with E-state index in [2.05, 4.69) is 15.6 Å². The number of carbonyl (C=O) groups is 1. The van der Waals surface area contributed by atoms with Gasteiger partial charge in [0.05, 0.1) is 18.7 Å². The van der Waals surface area contributed by atoms with Gasteiger partial charge in [0, 0.05) is 30.7 Å². The average Bonchev–Trinajstić information content (AvgIpc) is 2.35. The van der Waals surface area contributed by atoms with Crippen LogP contribution >= 0.6 is 12.2 Å². The smallest absolute Gasteiger partial charge is 0.239 e. The normalized spacial score (nSPS) is 10.2. The number of pyridine rings is 1. The number of thiocarbonyl (C=S) groups is 1. The molecule has 110 valence electrons. The third-order valence-electron chi connectivity index (χ3n) is 2.64. The van der Waals surface area contributed by atoms with Crippen molar-refractivity contribution in [3.8, 4) is 0 Å². The molecular weight excluding hydrogens is 276 g/mol. The van der Waals surface area contributed by atoms with E-state index in [4.69, 9.17) is 22.7 Å². The summed E-state index contributed by atoms with van der Waals surface area (Å²) in [7, 11) is 1.58. The average molecular weight is 296 g/mol. The van der Waals surface area contributed by atoms with Crippen LogP contribution in [0.4, 0.5) is 5.69 Å². The number of nitrogens with zero attached hydrogens (tertiary/aromatic N) is 1. The van der Waals surface area contributed by atoms with E-state index >= 15 is 0 Å². The highest BCUT2D eigenvalue weighted by Crippen LogP contribution is 2.19. The van der Waals surface area contributed by atoms with E-state index in [1.165, 1.54) is 0 Å². The molecule has 0 spiro atoms. The third kappa shape index (κ3) is 4.75. The topological polar surface area (TPSA) is 89.3 Å². The minimum absolute atomic E-state index is 0.122. The SMILES string of the molecule is COCCNC(=O)CNc1cc(C)nc(C)c1C(N)=S. The lowest BCUT2D eigenvalue weighted by Crippen LogP contribution is -2.32. The van der Waals surface area contributed by atoms with Crippen LogP contribution in [-0.4, -0.2) is 42.7 Å². The second-order valence-corrected chi connectivity index (χ2v) is 4.77. The van der Waals surface area contributed by atoms with Gasteiger partial charge in [-0.2, -0.15) is 0 Å². The molecule has 0 saturated carbocycles. The van der Waals surface area contributed by atoms with Crippen molar-refractivity contribution in [3.63, 3.8) is 0 Å². The number of amides is 1. The first-order valence-electron chi connectivity index (χ1n) is 6.23. The minimum Gasteiger partial charge on any atom is -0.389 e. The molecule has 1 heterocycles. The zero-order chi connectivity index (χ0) is 15.1. The van der Waals surface area contributed by atoms with Gasteiger partial charge in [-0.3, -0.25) is 9.78 Å². The maximum atomic E-state index is 11.6. The number of ether oxygens (including phenoxy) is 1. The van der Waals surface area contributed by atoms with Gasteiger partial charge in [-0.05, 0) is 19.9 Å². The second kappa shape index (κ2) is 7.76. The van der Waals surface area contributed by atoms with Crippen molar-refractivity contribution >= 4 is 28.8 Å². The van der Waals surface area contributed by atoms with Gasteiger partial charge in [0.25, 0.3) is 0 Å². The van der Waals surface area contributed by atoms with Crippen LogP contribution in [0.1, 0.15) is 17.0 Å². The highest BCUT2D eigenvalue weighted by Gasteiger charge is 2.11. The Morgan fingerprint density at radius 3 is 2.80 bits per heavy atom. The molecule has 0 saturated heterocycles. The van der Waals surface area contributed by atoms with Gasteiger partial charge in [0.15, 0.2) is 0 Å². The molecule has 7 heteroatoms. The molecule has 0 radical (unpaired) electrons. The number of rotatable bonds is 7. The van der Waals surface area contributed by atoms with E-state index in [1.54, 1.807) is 7.11 Å².